The summed E-state index contributed by atoms with van der Waals surface area (Å²) in [7, 11) is -3.43. The Labute approximate surface area is 130 Å². The van der Waals surface area contributed by atoms with Gasteiger partial charge in [0, 0.05) is 10.6 Å². The molecule has 2 aromatic carbocycles. The number of halogens is 1. The van der Waals surface area contributed by atoms with Gasteiger partial charge in [-0.3, -0.25) is 0 Å². The highest BCUT2D eigenvalue weighted by Crippen LogP contribution is 2.24. The summed E-state index contributed by atoms with van der Waals surface area (Å²) in [6.07, 6.45) is -1.12. The fraction of sp³-hybridized carbons (Fsp3) is 0.250. The molecule has 2 aromatic rings. The molecule has 0 fully saturated rings. The van der Waals surface area contributed by atoms with Crippen LogP contribution >= 0.6 is 11.6 Å². The summed E-state index contributed by atoms with van der Waals surface area (Å²) in [5.74, 6) is -0.424. The Kier molecular flexibility index (Phi) is 5.04. The van der Waals surface area contributed by atoms with Crippen molar-refractivity contribution in [3.63, 3.8) is 0 Å². The Morgan fingerprint density at radius 1 is 1.10 bits per heavy atom. The van der Waals surface area contributed by atoms with Crippen molar-refractivity contribution in [2.45, 2.75) is 18.8 Å². The number of sulfone groups is 1. The Bertz CT molecular complexity index is 726. The summed E-state index contributed by atoms with van der Waals surface area (Å²) in [6.45, 7) is 1.87. The van der Waals surface area contributed by atoms with Crippen LogP contribution in [0.3, 0.4) is 0 Å². The Hall–Kier alpha value is -1.36. The van der Waals surface area contributed by atoms with E-state index in [2.05, 4.69) is 0 Å². The monoisotopic (exact) mass is 324 g/mol. The predicted octanol–water partition coefficient (Wildman–Crippen LogP) is 3.30. The summed E-state index contributed by atoms with van der Waals surface area (Å²) in [6, 6.07) is 14.1. The standard InChI is InChI=1S/C16H17ClO3S/c1-12-6-2-3-7-13(12)10-21(19,20)11-16(18)14-8-4-5-9-15(14)17/h2-9,16,18H,10-11H2,1H3. The van der Waals surface area contributed by atoms with Gasteiger partial charge in [-0.05, 0) is 24.1 Å². The molecule has 21 heavy (non-hydrogen) atoms. The topological polar surface area (TPSA) is 54.4 Å². The number of rotatable bonds is 5. The molecule has 0 aliphatic heterocycles. The Balaban J connectivity index is 2.15. The summed E-state index contributed by atoms with van der Waals surface area (Å²) in [4.78, 5) is 0. The third-order valence-electron chi connectivity index (χ3n) is 3.31. The van der Waals surface area contributed by atoms with Crippen LogP contribution in [0.5, 0.6) is 0 Å². The van der Waals surface area contributed by atoms with Crippen LogP contribution in [0.2, 0.25) is 5.02 Å². The largest absolute Gasteiger partial charge is 0.387 e. The van der Waals surface area contributed by atoms with E-state index in [0.717, 1.165) is 11.1 Å². The molecule has 0 spiro atoms. The van der Waals surface area contributed by atoms with E-state index in [-0.39, 0.29) is 11.5 Å². The first-order chi connectivity index (χ1) is 9.89. The first-order valence-electron chi connectivity index (χ1n) is 6.56. The van der Waals surface area contributed by atoms with Crippen LogP contribution in [0.15, 0.2) is 48.5 Å². The lowest BCUT2D eigenvalue weighted by molar-refractivity contribution is 0.201. The molecule has 3 nitrogen and oxygen atoms in total. The molecule has 0 heterocycles. The molecular weight excluding hydrogens is 308 g/mol. The second-order valence-corrected chi connectivity index (χ2v) is 7.53. The fourth-order valence-electron chi connectivity index (χ4n) is 2.14. The van der Waals surface area contributed by atoms with Gasteiger partial charge in [0.2, 0.25) is 0 Å². The molecule has 0 saturated heterocycles. The number of hydrogen-bond acceptors (Lipinski definition) is 3. The van der Waals surface area contributed by atoms with Crippen molar-refractivity contribution >= 4 is 21.4 Å². The number of aliphatic hydroxyl groups is 1. The molecule has 5 heteroatoms. The zero-order valence-corrected chi connectivity index (χ0v) is 13.2. The summed E-state index contributed by atoms with van der Waals surface area (Å²) in [5.41, 5.74) is 2.12. The molecule has 0 aromatic heterocycles. The van der Waals surface area contributed by atoms with E-state index in [9.17, 15) is 13.5 Å². The normalized spacial score (nSPS) is 13.1. The molecule has 2 rings (SSSR count). The Morgan fingerprint density at radius 2 is 1.71 bits per heavy atom. The molecule has 0 aliphatic rings. The number of aliphatic hydroxyl groups excluding tert-OH is 1. The van der Waals surface area contributed by atoms with Crippen LogP contribution in [0, 0.1) is 6.92 Å². The first-order valence-corrected chi connectivity index (χ1v) is 8.76. The maximum Gasteiger partial charge on any atom is 0.157 e. The molecule has 1 unspecified atom stereocenters. The van der Waals surface area contributed by atoms with E-state index >= 15 is 0 Å². The summed E-state index contributed by atoms with van der Waals surface area (Å²) < 4.78 is 24.5. The van der Waals surface area contributed by atoms with Gasteiger partial charge < -0.3 is 5.11 Å². The molecule has 1 N–H and O–H groups in total. The van der Waals surface area contributed by atoms with E-state index < -0.39 is 15.9 Å². The number of benzene rings is 2. The molecule has 112 valence electrons. The van der Waals surface area contributed by atoms with Crippen molar-refractivity contribution in [1.29, 1.82) is 0 Å². The van der Waals surface area contributed by atoms with Crippen LogP contribution in [-0.2, 0) is 15.6 Å². The maximum atomic E-state index is 12.2. The molecule has 0 saturated carbocycles. The van der Waals surface area contributed by atoms with Gasteiger partial charge in [-0.15, -0.1) is 0 Å². The van der Waals surface area contributed by atoms with Gasteiger partial charge >= 0.3 is 0 Å². The lowest BCUT2D eigenvalue weighted by atomic mass is 10.1. The number of aryl methyl sites for hydroxylation is 1. The van der Waals surface area contributed by atoms with E-state index in [1.165, 1.54) is 0 Å². The molecule has 0 amide bonds. The molecule has 0 bridgehead atoms. The van der Waals surface area contributed by atoms with E-state index in [1.807, 2.05) is 25.1 Å². The smallest absolute Gasteiger partial charge is 0.157 e. The van der Waals surface area contributed by atoms with Crippen molar-refractivity contribution in [1.82, 2.24) is 0 Å². The molecule has 0 radical (unpaired) electrons. The average Bonchev–Trinajstić information content (AvgIpc) is 2.41. The van der Waals surface area contributed by atoms with Crippen molar-refractivity contribution in [3.05, 3.63) is 70.2 Å². The van der Waals surface area contributed by atoms with Crippen LogP contribution in [0.25, 0.3) is 0 Å². The van der Waals surface area contributed by atoms with Crippen LogP contribution in [0.4, 0.5) is 0 Å². The average molecular weight is 325 g/mol. The van der Waals surface area contributed by atoms with Crippen LogP contribution < -0.4 is 0 Å². The van der Waals surface area contributed by atoms with Gasteiger partial charge in [-0.2, -0.15) is 0 Å². The van der Waals surface area contributed by atoms with Gasteiger partial charge in [0.25, 0.3) is 0 Å². The third-order valence-corrected chi connectivity index (χ3v) is 5.23. The van der Waals surface area contributed by atoms with Crippen molar-refractivity contribution in [2.75, 3.05) is 5.75 Å². The minimum atomic E-state index is -3.43. The maximum absolute atomic E-state index is 12.2. The van der Waals surface area contributed by atoms with Crippen molar-refractivity contribution in [2.24, 2.45) is 0 Å². The van der Waals surface area contributed by atoms with Crippen LogP contribution in [-0.4, -0.2) is 19.3 Å². The lowest BCUT2D eigenvalue weighted by Gasteiger charge is -2.13. The predicted molar refractivity (Wildman–Crippen MR) is 85.1 cm³/mol. The highest BCUT2D eigenvalue weighted by Gasteiger charge is 2.21. The van der Waals surface area contributed by atoms with Gasteiger partial charge in [0.05, 0.1) is 17.6 Å². The second-order valence-electron chi connectivity index (χ2n) is 5.02. The SMILES string of the molecule is Cc1ccccc1CS(=O)(=O)CC(O)c1ccccc1Cl. The zero-order chi connectivity index (χ0) is 15.5. The highest BCUT2D eigenvalue weighted by molar-refractivity contribution is 7.90. The minimum Gasteiger partial charge on any atom is -0.387 e. The third kappa shape index (κ3) is 4.30. The Morgan fingerprint density at radius 3 is 2.38 bits per heavy atom. The molecule has 0 aliphatic carbocycles. The molecular formula is C16H17ClO3S. The van der Waals surface area contributed by atoms with Gasteiger partial charge in [0.15, 0.2) is 9.84 Å². The van der Waals surface area contributed by atoms with E-state index in [1.54, 1.807) is 30.3 Å². The second kappa shape index (κ2) is 6.60. The van der Waals surface area contributed by atoms with Gasteiger partial charge in [-0.1, -0.05) is 54.1 Å². The first kappa shape index (κ1) is 16.0. The molecule has 1 atom stereocenters. The van der Waals surface area contributed by atoms with Gasteiger partial charge in [-0.25, -0.2) is 8.42 Å². The van der Waals surface area contributed by atoms with E-state index in [0.29, 0.717) is 10.6 Å². The number of hydrogen-bond donors (Lipinski definition) is 1. The fourth-order valence-corrected chi connectivity index (χ4v) is 3.98. The minimum absolute atomic E-state index is 0.0822. The van der Waals surface area contributed by atoms with Crippen molar-refractivity contribution < 1.29 is 13.5 Å². The van der Waals surface area contributed by atoms with Crippen LogP contribution in [0.1, 0.15) is 22.8 Å². The summed E-state index contributed by atoms with van der Waals surface area (Å²) >= 11 is 5.98. The zero-order valence-electron chi connectivity index (χ0n) is 11.7. The summed E-state index contributed by atoms with van der Waals surface area (Å²) in [5, 5.41) is 10.5. The van der Waals surface area contributed by atoms with Gasteiger partial charge in [0.1, 0.15) is 0 Å². The highest BCUT2D eigenvalue weighted by atomic mass is 35.5. The van der Waals surface area contributed by atoms with Crippen molar-refractivity contribution in [3.8, 4) is 0 Å². The quantitative estimate of drug-likeness (QED) is 0.918. The lowest BCUT2D eigenvalue weighted by Crippen LogP contribution is -2.17. The van der Waals surface area contributed by atoms with E-state index in [4.69, 9.17) is 11.6 Å².